The van der Waals surface area contributed by atoms with Gasteiger partial charge in [-0.1, -0.05) is 30.3 Å². The highest BCUT2D eigenvalue weighted by Crippen LogP contribution is 2.39. The zero-order valence-electron chi connectivity index (χ0n) is 15.8. The van der Waals surface area contributed by atoms with E-state index in [1.54, 1.807) is 7.11 Å². The van der Waals surface area contributed by atoms with Crippen LogP contribution in [0.2, 0.25) is 0 Å². The first-order valence-electron chi connectivity index (χ1n) is 9.83. The van der Waals surface area contributed by atoms with Gasteiger partial charge in [0.05, 0.1) is 13.7 Å². The number of aliphatic imine (C=N–C) groups is 1. The Bertz CT molecular complexity index is 870. The SMILES string of the molecule is COc1ccccc1CN1CCC2(CC1)Nc1ccccc1C1=NCCN12. The summed E-state index contributed by atoms with van der Waals surface area (Å²) in [5.74, 6) is 2.17. The minimum atomic E-state index is 0.000953. The number of likely N-dealkylation sites (tertiary alicyclic amines) is 1. The zero-order chi connectivity index (χ0) is 18.3. The van der Waals surface area contributed by atoms with Crippen LogP contribution in [0.15, 0.2) is 53.5 Å². The Balaban J connectivity index is 1.35. The molecular formula is C22H26N4O. The van der Waals surface area contributed by atoms with Gasteiger partial charge in [0.2, 0.25) is 0 Å². The number of fused-ring (bicyclic) bond motifs is 4. The quantitative estimate of drug-likeness (QED) is 0.910. The third kappa shape index (κ3) is 2.77. The number of hydrogen-bond acceptors (Lipinski definition) is 5. The number of piperidine rings is 1. The summed E-state index contributed by atoms with van der Waals surface area (Å²) in [6.45, 7) is 4.99. The lowest BCUT2D eigenvalue weighted by atomic mass is 9.90. The molecule has 0 amide bonds. The Hall–Kier alpha value is -2.53. The average molecular weight is 362 g/mol. The van der Waals surface area contributed by atoms with Gasteiger partial charge in [-0.2, -0.15) is 0 Å². The molecule has 0 bridgehead atoms. The lowest BCUT2D eigenvalue weighted by Gasteiger charge is -2.52. The molecule has 0 atom stereocenters. The summed E-state index contributed by atoms with van der Waals surface area (Å²) >= 11 is 0. The molecule has 0 saturated carbocycles. The van der Waals surface area contributed by atoms with E-state index >= 15 is 0 Å². The van der Waals surface area contributed by atoms with Crippen molar-refractivity contribution < 1.29 is 4.74 Å². The smallest absolute Gasteiger partial charge is 0.134 e. The van der Waals surface area contributed by atoms with Gasteiger partial charge in [-0.05, 0) is 18.2 Å². The van der Waals surface area contributed by atoms with E-state index in [4.69, 9.17) is 9.73 Å². The van der Waals surface area contributed by atoms with E-state index in [0.29, 0.717) is 0 Å². The number of anilines is 1. The summed E-state index contributed by atoms with van der Waals surface area (Å²) in [6.07, 6.45) is 2.19. The second kappa shape index (κ2) is 6.57. The molecule has 140 valence electrons. The molecule has 0 radical (unpaired) electrons. The first kappa shape index (κ1) is 16.6. The molecule has 5 rings (SSSR count). The van der Waals surface area contributed by atoms with E-state index in [1.165, 1.54) is 22.6 Å². The summed E-state index contributed by atoms with van der Waals surface area (Å²) < 4.78 is 5.53. The monoisotopic (exact) mass is 362 g/mol. The number of benzene rings is 2. The van der Waals surface area contributed by atoms with Crippen molar-refractivity contribution in [3.8, 4) is 5.75 Å². The number of rotatable bonds is 3. The van der Waals surface area contributed by atoms with Crippen LogP contribution in [0, 0.1) is 0 Å². The molecule has 27 heavy (non-hydrogen) atoms. The topological polar surface area (TPSA) is 40.1 Å². The van der Waals surface area contributed by atoms with Crippen molar-refractivity contribution in [2.24, 2.45) is 4.99 Å². The predicted octanol–water partition coefficient (Wildman–Crippen LogP) is 3.18. The fraction of sp³-hybridized carbons (Fsp3) is 0.409. The van der Waals surface area contributed by atoms with Crippen molar-refractivity contribution in [1.29, 1.82) is 0 Å². The van der Waals surface area contributed by atoms with Crippen molar-refractivity contribution in [2.75, 3.05) is 38.6 Å². The second-order valence-corrected chi connectivity index (χ2v) is 7.65. The molecule has 3 aliphatic heterocycles. The number of nitrogens with zero attached hydrogens (tertiary/aromatic N) is 3. The molecule has 5 nitrogen and oxygen atoms in total. The minimum absolute atomic E-state index is 0.000953. The van der Waals surface area contributed by atoms with E-state index in [2.05, 4.69) is 51.5 Å². The first-order valence-corrected chi connectivity index (χ1v) is 9.83. The molecule has 1 N–H and O–H groups in total. The van der Waals surface area contributed by atoms with Crippen LogP contribution in [0.3, 0.4) is 0 Å². The van der Waals surface area contributed by atoms with Crippen LogP contribution in [0.1, 0.15) is 24.0 Å². The van der Waals surface area contributed by atoms with Crippen molar-refractivity contribution in [1.82, 2.24) is 9.80 Å². The van der Waals surface area contributed by atoms with Gasteiger partial charge >= 0.3 is 0 Å². The molecule has 1 spiro atoms. The highest BCUT2D eigenvalue weighted by atomic mass is 16.5. The lowest BCUT2D eigenvalue weighted by molar-refractivity contribution is 0.0891. The Morgan fingerprint density at radius 2 is 1.81 bits per heavy atom. The van der Waals surface area contributed by atoms with Gasteiger partial charge in [0.1, 0.15) is 17.2 Å². The van der Waals surface area contributed by atoms with E-state index in [1.807, 2.05) is 12.1 Å². The number of ether oxygens (including phenoxy) is 1. The van der Waals surface area contributed by atoms with E-state index in [0.717, 1.165) is 51.3 Å². The number of amidine groups is 1. The molecule has 1 fully saturated rings. The Morgan fingerprint density at radius 3 is 2.67 bits per heavy atom. The largest absolute Gasteiger partial charge is 0.496 e. The molecule has 3 heterocycles. The van der Waals surface area contributed by atoms with Gasteiger partial charge < -0.3 is 15.0 Å². The molecule has 3 aliphatic rings. The van der Waals surface area contributed by atoms with Crippen molar-refractivity contribution in [2.45, 2.75) is 25.0 Å². The van der Waals surface area contributed by atoms with Crippen LogP contribution in [0.25, 0.3) is 0 Å². The zero-order valence-corrected chi connectivity index (χ0v) is 15.8. The first-order chi connectivity index (χ1) is 13.3. The normalized spacial score (nSPS) is 20.6. The molecular weight excluding hydrogens is 336 g/mol. The summed E-state index contributed by atoms with van der Waals surface area (Å²) in [7, 11) is 1.75. The minimum Gasteiger partial charge on any atom is -0.496 e. The molecule has 0 unspecified atom stereocenters. The predicted molar refractivity (Wildman–Crippen MR) is 108 cm³/mol. The fourth-order valence-electron chi connectivity index (χ4n) is 4.75. The molecule has 2 aromatic carbocycles. The van der Waals surface area contributed by atoms with Crippen LogP contribution in [-0.2, 0) is 6.54 Å². The summed E-state index contributed by atoms with van der Waals surface area (Å²) in [4.78, 5) is 9.89. The maximum absolute atomic E-state index is 5.53. The average Bonchev–Trinajstić information content (AvgIpc) is 3.22. The summed E-state index contributed by atoms with van der Waals surface area (Å²) in [5, 5.41) is 3.88. The third-order valence-electron chi connectivity index (χ3n) is 6.16. The highest BCUT2D eigenvalue weighted by molar-refractivity contribution is 6.06. The fourth-order valence-corrected chi connectivity index (χ4v) is 4.75. The molecule has 1 saturated heterocycles. The van der Waals surface area contributed by atoms with E-state index < -0.39 is 0 Å². The van der Waals surface area contributed by atoms with Crippen molar-refractivity contribution in [3.05, 3.63) is 59.7 Å². The van der Waals surface area contributed by atoms with Gasteiger partial charge in [-0.15, -0.1) is 0 Å². The van der Waals surface area contributed by atoms with E-state index in [9.17, 15) is 0 Å². The van der Waals surface area contributed by atoms with Gasteiger partial charge in [0, 0.05) is 55.8 Å². The number of hydrogen-bond donors (Lipinski definition) is 1. The van der Waals surface area contributed by atoms with Crippen LogP contribution in [0.4, 0.5) is 5.69 Å². The van der Waals surface area contributed by atoms with Crippen LogP contribution in [0.5, 0.6) is 5.75 Å². The van der Waals surface area contributed by atoms with Crippen LogP contribution in [-0.4, -0.2) is 54.6 Å². The summed E-state index contributed by atoms with van der Waals surface area (Å²) in [5.41, 5.74) is 3.74. The van der Waals surface area contributed by atoms with Gasteiger partial charge in [-0.25, -0.2) is 0 Å². The Morgan fingerprint density at radius 1 is 1.04 bits per heavy atom. The number of methoxy groups -OCH3 is 1. The molecule has 2 aromatic rings. The van der Waals surface area contributed by atoms with E-state index in [-0.39, 0.29) is 5.66 Å². The maximum Gasteiger partial charge on any atom is 0.134 e. The Kier molecular flexibility index (Phi) is 4.05. The van der Waals surface area contributed by atoms with Crippen LogP contribution < -0.4 is 10.1 Å². The highest BCUT2D eigenvalue weighted by Gasteiger charge is 2.46. The maximum atomic E-state index is 5.53. The van der Waals surface area contributed by atoms with Crippen molar-refractivity contribution >= 4 is 11.5 Å². The van der Waals surface area contributed by atoms with Crippen molar-refractivity contribution in [3.63, 3.8) is 0 Å². The molecule has 0 aromatic heterocycles. The molecule has 0 aliphatic carbocycles. The van der Waals surface area contributed by atoms with Crippen LogP contribution >= 0.6 is 0 Å². The summed E-state index contributed by atoms with van der Waals surface area (Å²) in [6, 6.07) is 16.9. The van der Waals surface area contributed by atoms with Gasteiger partial charge in [0.25, 0.3) is 0 Å². The lowest BCUT2D eigenvalue weighted by Crippen LogP contribution is -2.63. The third-order valence-corrected chi connectivity index (χ3v) is 6.16. The standard InChI is InChI=1S/C22H26N4O/c1-27-20-9-5-2-6-17(20)16-25-13-10-22(11-14-25)24-19-8-4-3-7-18(19)21-23-12-15-26(21)22/h2-9,24H,10-16H2,1H3. The number of nitrogens with one attached hydrogen (secondary N) is 1. The second-order valence-electron chi connectivity index (χ2n) is 7.65. The van der Waals surface area contributed by atoms with Gasteiger partial charge in [0.15, 0.2) is 0 Å². The number of para-hydroxylation sites is 2. The Labute approximate surface area is 160 Å². The van der Waals surface area contributed by atoms with Gasteiger partial charge in [-0.3, -0.25) is 9.89 Å². The molecule has 5 heteroatoms.